The maximum absolute atomic E-state index is 13.7. The molecule has 2 aromatic rings. The van der Waals surface area contributed by atoms with Gasteiger partial charge in [-0.15, -0.1) is 0 Å². The van der Waals surface area contributed by atoms with Gasteiger partial charge in [0.05, 0.1) is 5.57 Å². The fourth-order valence-corrected chi connectivity index (χ4v) is 5.79. The summed E-state index contributed by atoms with van der Waals surface area (Å²) in [5, 5.41) is 10.1. The molecule has 0 unspecified atom stereocenters. The Morgan fingerprint density at radius 1 is 1.00 bits per heavy atom. The van der Waals surface area contributed by atoms with Crippen molar-refractivity contribution in [1.29, 1.82) is 0 Å². The summed E-state index contributed by atoms with van der Waals surface area (Å²) < 4.78 is 5.80. The molecule has 1 fully saturated rings. The van der Waals surface area contributed by atoms with Crippen molar-refractivity contribution in [3.8, 4) is 11.1 Å². The fraction of sp³-hybridized carbons (Fsp3) is 0.419. The Hall–Kier alpha value is -3.78. The second-order valence-electron chi connectivity index (χ2n) is 11.1. The minimum atomic E-state index is -1.31. The number of nitrogens with two attached hydrogens (primary N) is 1. The standard InChI is InChI=1S/C31H36N2O6/c1-19(28-26(34)16-31(2,3)17-27(28)35)33(25(29(36)37)14-8-9-15-32)30(38)39-18-24-22-12-6-4-10-20(22)21-11-5-7-13-23(21)24/h4-7,10-13,24-25H,8-9,14-18,32H2,1-3H3,(H,36,37)/t25-/m0/s1. The molecular formula is C31H36N2O6. The number of carboxylic acid groups (broad SMARTS) is 1. The fourth-order valence-electron chi connectivity index (χ4n) is 5.79. The van der Waals surface area contributed by atoms with Crippen molar-refractivity contribution in [3.05, 3.63) is 70.9 Å². The summed E-state index contributed by atoms with van der Waals surface area (Å²) in [6.45, 7) is 5.50. The van der Waals surface area contributed by atoms with Crippen LogP contribution >= 0.6 is 0 Å². The van der Waals surface area contributed by atoms with E-state index in [0.717, 1.165) is 27.2 Å². The first-order valence-corrected chi connectivity index (χ1v) is 13.4. The number of fused-ring (bicyclic) bond motifs is 3. The van der Waals surface area contributed by atoms with Gasteiger partial charge < -0.3 is 15.6 Å². The molecular weight excluding hydrogens is 496 g/mol. The molecule has 0 heterocycles. The number of benzene rings is 2. The molecule has 0 spiro atoms. The number of aliphatic carboxylic acids is 1. The Bertz CT molecular complexity index is 1260. The highest BCUT2D eigenvalue weighted by Crippen LogP contribution is 2.44. The Balaban J connectivity index is 1.67. The van der Waals surface area contributed by atoms with Crippen molar-refractivity contribution in [2.45, 2.75) is 64.8 Å². The first-order chi connectivity index (χ1) is 18.6. The van der Waals surface area contributed by atoms with E-state index in [4.69, 9.17) is 10.5 Å². The summed E-state index contributed by atoms with van der Waals surface area (Å²) >= 11 is 0. The van der Waals surface area contributed by atoms with Gasteiger partial charge >= 0.3 is 12.1 Å². The van der Waals surface area contributed by atoms with Crippen LogP contribution in [0.2, 0.25) is 0 Å². The summed E-state index contributed by atoms with van der Waals surface area (Å²) in [5.41, 5.74) is 9.19. The summed E-state index contributed by atoms with van der Waals surface area (Å²) in [6, 6.07) is 14.5. The van der Waals surface area contributed by atoms with E-state index in [1.54, 1.807) is 0 Å². The molecule has 0 radical (unpaired) electrons. The topological polar surface area (TPSA) is 127 Å². The van der Waals surface area contributed by atoms with Gasteiger partial charge in [-0.25, -0.2) is 9.59 Å². The van der Waals surface area contributed by atoms with Crippen LogP contribution in [-0.2, 0) is 19.1 Å². The molecule has 0 aromatic heterocycles. The van der Waals surface area contributed by atoms with E-state index < -0.39 is 35.1 Å². The number of allylic oxidation sites excluding steroid dienone is 2. The van der Waals surface area contributed by atoms with Crippen molar-refractivity contribution in [1.82, 2.24) is 4.90 Å². The highest BCUT2D eigenvalue weighted by molar-refractivity contribution is 6.23. The van der Waals surface area contributed by atoms with E-state index in [9.17, 15) is 24.3 Å². The van der Waals surface area contributed by atoms with Crippen LogP contribution in [0.1, 0.15) is 69.9 Å². The van der Waals surface area contributed by atoms with Crippen molar-refractivity contribution in [2.24, 2.45) is 11.1 Å². The third kappa shape index (κ3) is 5.81. The quantitative estimate of drug-likeness (QED) is 0.263. The Morgan fingerprint density at radius 2 is 1.54 bits per heavy atom. The molecule has 2 aromatic carbocycles. The van der Waals surface area contributed by atoms with Gasteiger partial charge in [0.15, 0.2) is 11.6 Å². The lowest BCUT2D eigenvalue weighted by atomic mass is 9.73. The second kappa shape index (κ2) is 11.5. The number of nitrogens with zero attached hydrogens (tertiary/aromatic N) is 1. The Kier molecular flexibility index (Phi) is 8.35. The summed E-state index contributed by atoms with van der Waals surface area (Å²) in [4.78, 5) is 53.2. The lowest BCUT2D eigenvalue weighted by Gasteiger charge is -2.34. The average molecular weight is 533 g/mol. The Labute approximate surface area is 228 Å². The number of carbonyl (C=O) groups excluding carboxylic acids is 3. The predicted molar refractivity (Wildman–Crippen MR) is 147 cm³/mol. The van der Waals surface area contributed by atoms with Crippen molar-refractivity contribution in [2.75, 3.05) is 13.2 Å². The SMILES string of the molecule is CC(=C1C(=O)CC(C)(C)CC1=O)N(C(=O)OCC1c2ccccc2-c2ccccc21)[C@@H](CCCCN)C(=O)O. The molecule has 8 nitrogen and oxygen atoms in total. The van der Waals surface area contributed by atoms with Crippen LogP contribution in [0.4, 0.5) is 4.79 Å². The smallest absolute Gasteiger partial charge is 0.414 e. The number of Topliss-reactive ketones (excluding diaryl/α,β-unsaturated/α-hetero) is 2. The van der Waals surface area contributed by atoms with Crippen LogP contribution in [0, 0.1) is 5.41 Å². The number of hydrogen-bond acceptors (Lipinski definition) is 6. The van der Waals surface area contributed by atoms with Crippen molar-refractivity contribution < 1.29 is 29.0 Å². The molecule has 0 bridgehead atoms. The van der Waals surface area contributed by atoms with Crippen LogP contribution in [-0.4, -0.2) is 52.8 Å². The maximum atomic E-state index is 13.7. The van der Waals surface area contributed by atoms with Crippen LogP contribution < -0.4 is 5.73 Å². The van der Waals surface area contributed by atoms with E-state index in [1.807, 2.05) is 62.4 Å². The molecule has 3 N–H and O–H groups in total. The first-order valence-electron chi connectivity index (χ1n) is 13.4. The maximum Gasteiger partial charge on any atom is 0.414 e. The number of carbonyl (C=O) groups is 4. The minimum absolute atomic E-state index is 0.0178. The van der Waals surface area contributed by atoms with E-state index in [-0.39, 0.29) is 43.1 Å². The largest absolute Gasteiger partial charge is 0.480 e. The van der Waals surface area contributed by atoms with Gasteiger partial charge in [-0.1, -0.05) is 62.4 Å². The van der Waals surface area contributed by atoms with Gasteiger partial charge in [0, 0.05) is 24.5 Å². The van der Waals surface area contributed by atoms with Crippen LogP contribution in [0.3, 0.4) is 0 Å². The van der Waals surface area contributed by atoms with Crippen LogP contribution in [0.15, 0.2) is 59.8 Å². The number of carboxylic acids is 1. The molecule has 2 aliphatic rings. The molecule has 1 amide bonds. The van der Waals surface area contributed by atoms with Crippen molar-refractivity contribution >= 4 is 23.6 Å². The average Bonchev–Trinajstić information content (AvgIpc) is 3.19. The Morgan fingerprint density at radius 3 is 2.05 bits per heavy atom. The van der Waals surface area contributed by atoms with E-state index in [2.05, 4.69) is 0 Å². The van der Waals surface area contributed by atoms with E-state index in [1.165, 1.54) is 6.92 Å². The first kappa shape index (κ1) is 28.2. The number of amides is 1. The zero-order valence-corrected chi connectivity index (χ0v) is 22.7. The van der Waals surface area contributed by atoms with E-state index in [0.29, 0.717) is 19.4 Å². The molecule has 8 heteroatoms. The van der Waals surface area contributed by atoms with Gasteiger partial charge in [-0.3, -0.25) is 14.5 Å². The lowest BCUT2D eigenvalue weighted by molar-refractivity contribution is -0.142. The monoisotopic (exact) mass is 532 g/mol. The molecule has 0 saturated heterocycles. The second-order valence-corrected chi connectivity index (χ2v) is 11.1. The molecule has 0 aliphatic heterocycles. The van der Waals surface area contributed by atoms with Crippen LogP contribution in [0.25, 0.3) is 11.1 Å². The van der Waals surface area contributed by atoms with E-state index >= 15 is 0 Å². The third-order valence-electron chi connectivity index (χ3n) is 7.62. The third-order valence-corrected chi connectivity index (χ3v) is 7.62. The molecule has 206 valence electrons. The zero-order valence-electron chi connectivity index (χ0n) is 22.7. The normalized spacial score (nSPS) is 16.9. The molecule has 39 heavy (non-hydrogen) atoms. The van der Waals surface area contributed by atoms with Gasteiger partial charge in [0.1, 0.15) is 12.6 Å². The summed E-state index contributed by atoms with van der Waals surface area (Å²) in [5.74, 6) is -2.25. The minimum Gasteiger partial charge on any atom is -0.480 e. The molecule has 4 rings (SSSR count). The highest BCUT2D eigenvalue weighted by Gasteiger charge is 2.41. The molecule has 1 atom stereocenters. The van der Waals surface area contributed by atoms with Gasteiger partial charge in [0.25, 0.3) is 0 Å². The lowest BCUT2D eigenvalue weighted by Crippen LogP contribution is -2.46. The summed E-state index contributed by atoms with van der Waals surface area (Å²) in [6.07, 6.45) is 0.508. The zero-order chi connectivity index (χ0) is 28.3. The number of unbranched alkanes of at least 4 members (excludes halogenated alkanes) is 1. The van der Waals surface area contributed by atoms with Gasteiger partial charge in [-0.05, 0) is 60.4 Å². The highest BCUT2D eigenvalue weighted by atomic mass is 16.6. The molecule has 2 aliphatic carbocycles. The number of hydrogen-bond donors (Lipinski definition) is 2. The van der Waals surface area contributed by atoms with Gasteiger partial charge in [-0.2, -0.15) is 0 Å². The number of ketones is 2. The number of ether oxygens (including phenoxy) is 1. The molecule has 1 saturated carbocycles. The predicted octanol–water partition coefficient (Wildman–Crippen LogP) is 5.05. The van der Waals surface area contributed by atoms with Gasteiger partial charge in [0.2, 0.25) is 0 Å². The van der Waals surface area contributed by atoms with Crippen LogP contribution in [0.5, 0.6) is 0 Å². The summed E-state index contributed by atoms with van der Waals surface area (Å²) in [7, 11) is 0. The van der Waals surface area contributed by atoms with Crippen molar-refractivity contribution in [3.63, 3.8) is 0 Å². The number of rotatable bonds is 9.